The molecule has 1 N–H and O–H groups in total. The molecule has 0 aliphatic heterocycles. The maximum atomic E-state index is 12.7. The molecule has 1 atom stereocenters. The molecule has 0 amide bonds. The van der Waals surface area contributed by atoms with Crippen LogP contribution in [0.3, 0.4) is 0 Å². The van der Waals surface area contributed by atoms with Crippen molar-refractivity contribution < 1.29 is 18.7 Å². The molecule has 0 unspecified atom stereocenters. The van der Waals surface area contributed by atoms with Gasteiger partial charge >= 0.3 is 5.97 Å². The molecule has 0 saturated heterocycles. The summed E-state index contributed by atoms with van der Waals surface area (Å²) >= 11 is 1.22. The van der Waals surface area contributed by atoms with Gasteiger partial charge in [0.1, 0.15) is 0 Å². The van der Waals surface area contributed by atoms with Gasteiger partial charge in [-0.1, -0.05) is 11.8 Å². The monoisotopic (exact) mass is 349 g/mol. The summed E-state index contributed by atoms with van der Waals surface area (Å²) in [6.07, 6.45) is 2.16. The summed E-state index contributed by atoms with van der Waals surface area (Å²) in [5, 5.41) is 7.98. The van der Waals surface area contributed by atoms with Crippen LogP contribution in [0.4, 0.5) is 0 Å². The third kappa shape index (κ3) is 3.10. The molecule has 2 heterocycles. The van der Waals surface area contributed by atoms with Crippen LogP contribution < -0.4 is 0 Å². The zero-order valence-electron chi connectivity index (χ0n) is 14.0. The summed E-state index contributed by atoms with van der Waals surface area (Å²) < 4.78 is 10.4. The average Bonchev–Trinajstić information content (AvgIpc) is 3.23. The zero-order valence-corrected chi connectivity index (χ0v) is 14.8. The second-order valence-corrected chi connectivity index (χ2v) is 7.21. The van der Waals surface area contributed by atoms with Gasteiger partial charge in [-0.15, -0.1) is 10.2 Å². The lowest BCUT2D eigenvalue weighted by Crippen LogP contribution is -2.15. The number of carbonyl (C=O) groups is 2. The van der Waals surface area contributed by atoms with Crippen molar-refractivity contribution in [2.75, 3.05) is 7.11 Å². The smallest absolute Gasteiger partial charge is 0.339 e. The number of Topliss-reactive ketones (excluding diaryl/α,β-unsaturated/α-hetero) is 1. The minimum atomic E-state index is -0.452. The van der Waals surface area contributed by atoms with Gasteiger partial charge in [0, 0.05) is 11.6 Å². The molecule has 1 saturated carbocycles. The molecule has 1 fully saturated rings. The first kappa shape index (κ1) is 16.8. The molecule has 0 bridgehead atoms. The Morgan fingerprint density at radius 2 is 2.04 bits per heavy atom. The number of carbonyl (C=O) groups excluding carboxylic acids is 2. The Morgan fingerprint density at radius 3 is 2.67 bits per heavy atom. The molecule has 1 aliphatic carbocycles. The predicted molar refractivity (Wildman–Crippen MR) is 87.5 cm³/mol. The van der Waals surface area contributed by atoms with E-state index < -0.39 is 11.2 Å². The maximum Gasteiger partial charge on any atom is 0.339 e. The number of thioether (sulfide) groups is 1. The molecule has 0 spiro atoms. The molecule has 3 rings (SSSR count). The number of ketones is 1. The van der Waals surface area contributed by atoms with Crippen molar-refractivity contribution in [3.63, 3.8) is 0 Å². The quantitative estimate of drug-likeness (QED) is 0.486. The Morgan fingerprint density at radius 1 is 1.33 bits per heavy atom. The lowest BCUT2D eigenvalue weighted by Gasteiger charge is -2.07. The second-order valence-electron chi connectivity index (χ2n) is 5.92. The highest BCUT2D eigenvalue weighted by Gasteiger charge is 2.31. The number of aromatic amines is 1. The van der Waals surface area contributed by atoms with Gasteiger partial charge in [0.25, 0.3) is 5.22 Å². The third-order valence-electron chi connectivity index (χ3n) is 4.07. The van der Waals surface area contributed by atoms with Gasteiger partial charge in [-0.2, -0.15) is 0 Å². The number of hydrogen-bond donors (Lipinski definition) is 1. The average molecular weight is 349 g/mol. The van der Waals surface area contributed by atoms with Gasteiger partial charge in [0.15, 0.2) is 5.78 Å². The SMILES string of the molecule is COC(=O)c1c(C)[nH]c(C(=O)[C@H](C)Sc2nnc(C3CC3)o2)c1C. The summed E-state index contributed by atoms with van der Waals surface area (Å²) in [6, 6.07) is 0. The molecule has 8 heteroatoms. The fourth-order valence-electron chi connectivity index (χ4n) is 2.58. The van der Waals surface area contributed by atoms with E-state index in [1.54, 1.807) is 20.8 Å². The number of nitrogens with one attached hydrogen (secondary N) is 1. The first-order chi connectivity index (χ1) is 11.4. The van der Waals surface area contributed by atoms with Crippen molar-refractivity contribution in [2.24, 2.45) is 0 Å². The Hall–Kier alpha value is -2.09. The normalized spacial score (nSPS) is 15.3. The number of aryl methyl sites for hydroxylation is 1. The van der Waals surface area contributed by atoms with E-state index in [1.807, 2.05) is 0 Å². The molecule has 2 aromatic heterocycles. The number of ether oxygens (including phenoxy) is 1. The number of methoxy groups -OCH3 is 1. The van der Waals surface area contributed by atoms with Crippen LogP contribution in [0.25, 0.3) is 0 Å². The fraction of sp³-hybridized carbons (Fsp3) is 0.500. The first-order valence-electron chi connectivity index (χ1n) is 7.74. The highest BCUT2D eigenvalue weighted by atomic mass is 32.2. The predicted octanol–water partition coefficient (Wildman–Crippen LogP) is 3.04. The molecule has 128 valence electrons. The Bertz CT molecular complexity index is 791. The lowest BCUT2D eigenvalue weighted by molar-refractivity contribution is 0.0599. The van der Waals surface area contributed by atoms with E-state index >= 15 is 0 Å². The van der Waals surface area contributed by atoms with Crippen LogP contribution in [0, 0.1) is 13.8 Å². The summed E-state index contributed by atoms with van der Waals surface area (Å²) in [6.45, 7) is 5.26. The molecule has 1 aliphatic rings. The van der Waals surface area contributed by atoms with E-state index in [0.29, 0.717) is 39.5 Å². The van der Waals surface area contributed by atoms with Crippen LogP contribution >= 0.6 is 11.8 Å². The molecular formula is C16H19N3O4S. The topological polar surface area (TPSA) is 98.1 Å². The summed E-state index contributed by atoms with van der Waals surface area (Å²) in [5.74, 6) is 0.458. The first-order valence-corrected chi connectivity index (χ1v) is 8.62. The Labute approximate surface area is 143 Å². The summed E-state index contributed by atoms with van der Waals surface area (Å²) in [4.78, 5) is 27.5. The van der Waals surface area contributed by atoms with E-state index in [0.717, 1.165) is 12.8 Å². The third-order valence-corrected chi connectivity index (χ3v) is 5.00. The Kier molecular flexibility index (Phi) is 4.49. The van der Waals surface area contributed by atoms with Crippen molar-refractivity contribution >= 4 is 23.5 Å². The maximum absolute atomic E-state index is 12.7. The van der Waals surface area contributed by atoms with Gasteiger partial charge in [0.2, 0.25) is 5.89 Å². The summed E-state index contributed by atoms with van der Waals surface area (Å²) in [5.41, 5.74) is 2.04. The van der Waals surface area contributed by atoms with E-state index in [4.69, 9.17) is 9.15 Å². The second kappa shape index (κ2) is 6.43. The van der Waals surface area contributed by atoms with Crippen LogP contribution in [0.2, 0.25) is 0 Å². The standard InChI is InChI=1S/C16H19N3O4S/c1-7-11(15(21)22-4)8(2)17-12(7)13(20)9(3)24-16-19-18-14(23-16)10-5-6-10/h9-10,17H,5-6H2,1-4H3/t9-/m0/s1. The molecule has 7 nitrogen and oxygen atoms in total. The fourth-order valence-corrected chi connectivity index (χ4v) is 3.32. The van der Waals surface area contributed by atoms with Crippen LogP contribution in [0.1, 0.15) is 63.7 Å². The van der Waals surface area contributed by atoms with Crippen molar-refractivity contribution in [2.45, 2.75) is 50.0 Å². The largest absolute Gasteiger partial charge is 0.465 e. The highest BCUT2D eigenvalue weighted by molar-refractivity contribution is 8.00. The van der Waals surface area contributed by atoms with Crippen LogP contribution in [-0.2, 0) is 4.74 Å². The molecule has 2 aromatic rings. The van der Waals surface area contributed by atoms with Gasteiger partial charge in [-0.25, -0.2) is 4.79 Å². The highest BCUT2D eigenvalue weighted by Crippen LogP contribution is 2.40. The summed E-state index contributed by atoms with van der Waals surface area (Å²) in [7, 11) is 1.32. The van der Waals surface area contributed by atoms with E-state index in [2.05, 4.69) is 15.2 Å². The number of nitrogens with zero attached hydrogens (tertiary/aromatic N) is 2. The van der Waals surface area contributed by atoms with Gasteiger partial charge in [-0.05, 0) is 39.2 Å². The van der Waals surface area contributed by atoms with Crippen LogP contribution in [0.15, 0.2) is 9.64 Å². The van der Waals surface area contributed by atoms with Gasteiger partial charge in [-0.3, -0.25) is 4.79 Å². The van der Waals surface area contributed by atoms with Crippen molar-refractivity contribution in [3.05, 3.63) is 28.4 Å². The molecular weight excluding hydrogens is 330 g/mol. The van der Waals surface area contributed by atoms with E-state index in [1.165, 1.54) is 18.9 Å². The minimum Gasteiger partial charge on any atom is -0.465 e. The molecule has 0 radical (unpaired) electrons. The van der Waals surface area contributed by atoms with Crippen LogP contribution in [0.5, 0.6) is 0 Å². The number of hydrogen-bond acceptors (Lipinski definition) is 7. The zero-order chi connectivity index (χ0) is 17.4. The number of H-pyrrole nitrogens is 1. The number of rotatable bonds is 6. The van der Waals surface area contributed by atoms with Crippen molar-refractivity contribution in [1.82, 2.24) is 15.2 Å². The molecule has 0 aromatic carbocycles. The van der Waals surface area contributed by atoms with Crippen molar-refractivity contribution in [1.29, 1.82) is 0 Å². The van der Waals surface area contributed by atoms with Crippen molar-refractivity contribution in [3.8, 4) is 0 Å². The molecule has 24 heavy (non-hydrogen) atoms. The lowest BCUT2D eigenvalue weighted by atomic mass is 10.1. The van der Waals surface area contributed by atoms with E-state index in [-0.39, 0.29) is 5.78 Å². The van der Waals surface area contributed by atoms with Crippen LogP contribution in [-0.4, -0.2) is 39.3 Å². The minimum absolute atomic E-state index is 0.123. The number of esters is 1. The van der Waals surface area contributed by atoms with Gasteiger partial charge < -0.3 is 14.1 Å². The number of aromatic nitrogens is 3. The van der Waals surface area contributed by atoms with Gasteiger partial charge in [0.05, 0.1) is 23.6 Å². The van der Waals surface area contributed by atoms with E-state index in [9.17, 15) is 9.59 Å². The Balaban J connectivity index is 1.76.